The Kier molecular flexibility index (Phi) is 5.80. The molecule has 1 fully saturated rings. The molecule has 0 saturated heterocycles. The van der Waals surface area contributed by atoms with Gasteiger partial charge in [-0.3, -0.25) is 5.43 Å². The number of hydrogen-bond acceptors (Lipinski definition) is 2. The van der Waals surface area contributed by atoms with Crippen molar-refractivity contribution in [2.75, 3.05) is 5.32 Å². The summed E-state index contributed by atoms with van der Waals surface area (Å²) in [5.74, 6) is 0. The van der Waals surface area contributed by atoms with Crippen LogP contribution in [-0.4, -0.2) is 17.2 Å². The second kappa shape index (κ2) is 7.83. The highest BCUT2D eigenvalue weighted by Gasteiger charge is 2.15. The Labute approximate surface area is 130 Å². The van der Waals surface area contributed by atoms with E-state index >= 15 is 0 Å². The molecule has 0 aromatic heterocycles. The van der Waals surface area contributed by atoms with Gasteiger partial charge in [0.15, 0.2) is 5.11 Å². The number of urea groups is 1. The summed E-state index contributed by atoms with van der Waals surface area (Å²) in [4.78, 5) is 11.7. The Morgan fingerprint density at radius 3 is 2.43 bits per heavy atom. The van der Waals surface area contributed by atoms with Gasteiger partial charge in [-0.05, 0) is 44.1 Å². The summed E-state index contributed by atoms with van der Waals surface area (Å²) in [6, 6.07) is 7.90. The number of anilines is 1. The molecule has 1 aromatic carbocycles. The second-order valence-corrected chi connectivity index (χ2v) is 5.79. The highest BCUT2D eigenvalue weighted by Crippen LogP contribution is 2.17. The smallest absolute Gasteiger partial charge is 0.333 e. The van der Waals surface area contributed by atoms with E-state index in [2.05, 4.69) is 21.5 Å². The molecular formula is C15H22N4OS. The van der Waals surface area contributed by atoms with Gasteiger partial charge in [-0.15, -0.1) is 0 Å². The van der Waals surface area contributed by atoms with Crippen LogP contribution >= 0.6 is 12.2 Å². The third-order valence-electron chi connectivity index (χ3n) is 3.54. The molecule has 0 heterocycles. The van der Waals surface area contributed by atoms with Gasteiger partial charge in [0.2, 0.25) is 0 Å². The first kappa shape index (κ1) is 15.6. The van der Waals surface area contributed by atoms with E-state index in [0.29, 0.717) is 5.11 Å². The van der Waals surface area contributed by atoms with Crippen molar-refractivity contribution in [1.82, 2.24) is 16.2 Å². The number of amides is 2. The third kappa shape index (κ3) is 5.59. The second-order valence-electron chi connectivity index (χ2n) is 5.38. The van der Waals surface area contributed by atoms with Crippen LogP contribution in [0.2, 0.25) is 0 Å². The molecule has 1 aromatic rings. The average Bonchev–Trinajstić information content (AvgIpc) is 2.49. The van der Waals surface area contributed by atoms with Gasteiger partial charge in [0.25, 0.3) is 0 Å². The minimum absolute atomic E-state index is 0.241. The van der Waals surface area contributed by atoms with Gasteiger partial charge in [-0.25, -0.2) is 10.2 Å². The Morgan fingerprint density at radius 2 is 1.76 bits per heavy atom. The van der Waals surface area contributed by atoms with Crippen molar-refractivity contribution in [3.8, 4) is 0 Å². The lowest BCUT2D eigenvalue weighted by molar-refractivity contribution is 0.231. The molecule has 1 aliphatic rings. The first-order chi connectivity index (χ1) is 10.1. The molecule has 6 heteroatoms. The zero-order valence-electron chi connectivity index (χ0n) is 12.2. The molecule has 21 heavy (non-hydrogen) atoms. The Hall–Kier alpha value is -1.82. The van der Waals surface area contributed by atoms with Crippen molar-refractivity contribution in [2.45, 2.75) is 45.1 Å². The number of aryl methyl sites for hydroxylation is 1. The fourth-order valence-electron chi connectivity index (χ4n) is 2.38. The molecule has 0 spiro atoms. The van der Waals surface area contributed by atoms with Gasteiger partial charge >= 0.3 is 6.03 Å². The zero-order valence-corrected chi connectivity index (χ0v) is 13.1. The monoisotopic (exact) mass is 306 g/mol. The summed E-state index contributed by atoms with van der Waals surface area (Å²) in [5.41, 5.74) is 7.32. The number of nitrogens with one attached hydrogen (secondary N) is 4. The van der Waals surface area contributed by atoms with E-state index in [-0.39, 0.29) is 12.1 Å². The van der Waals surface area contributed by atoms with Crippen LogP contribution in [0.1, 0.15) is 37.7 Å². The van der Waals surface area contributed by atoms with Gasteiger partial charge in [0, 0.05) is 11.7 Å². The molecule has 1 saturated carbocycles. The lowest BCUT2D eigenvalue weighted by atomic mass is 9.96. The van der Waals surface area contributed by atoms with Crippen molar-refractivity contribution >= 4 is 29.0 Å². The van der Waals surface area contributed by atoms with Crippen molar-refractivity contribution in [1.29, 1.82) is 0 Å². The van der Waals surface area contributed by atoms with Gasteiger partial charge in [0.05, 0.1) is 0 Å². The molecule has 0 unspecified atom stereocenters. The number of hydrogen-bond donors (Lipinski definition) is 4. The molecule has 2 amide bonds. The molecule has 2 rings (SSSR count). The molecule has 4 N–H and O–H groups in total. The molecule has 5 nitrogen and oxygen atoms in total. The molecular weight excluding hydrogens is 284 g/mol. The van der Waals surface area contributed by atoms with Crippen molar-refractivity contribution < 1.29 is 4.79 Å². The van der Waals surface area contributed by atoms with Crippen LogP contribution in [0.3, 0.4) is 0 Å². The predicted molar refractivity (Wildman–Crippen MR) is 89.1 cm³/mol. The maximum absolute atomic E-state index is 11.7. The van der Waals surface area contributed by atoms with E-state index in [9.17, 15) is 4.79 Å². The van der Waals surface area contributed by atoms with E-state index in [1.807, 2.05) is 31.2 Å². The molecule has 1 aliphatic carbocycles. The van der Waals surface area contributed by atoms with E-state index in [1.165, 1.54) is 24.8 Å². The van der Waals surface area contributed by atoms with Crippen molar-refractivity contribution in [3.05, 3.63) is 29.8 Å². The Balaban J connectivity index is 1.68. The minimum atomic E-state index is -0.241. The quantitative estimate of drug-likeness (QED) is 0.501. The van der Waals surface area contributed by atoms with Gasteiger partial charge in [-0.2, -0.15) is 0 Å². The largest absolute Gasteiger partial charge is 0.334 e. The van der Waals surface area contributed by atoms with Crippen LogP contribution in [0.5, 0.6) is 0 Å². The molecule has 0 bridgehead atoms. The van der Waals surface area contributed by atoms with Crippen LogP contribution in [0, 0.1) is 6.92 Å². The molecule has 0 atom stereocenters. The maximum atomic E-state index is 11.7. The average molecular weight is 306 g/mol. The first-order valence-electron chi connectivity index (χ1n) is 7.33. The number of thiocarbonyl (C=S) groups is 1. The number of carbonyl (C=O) groups excluding carboxylic acids is 1. The predicted octanol–water partition coefficient (Wildman–Crippen LogP) is 2.83. The molecule has 0 aliphatic heterocycles. The van der Waals surface area contributed by atoms with Crippen LogP contribution < -0.4 is 21.5 Å². The summed E-state index contributed by atoms with van der Waals surface area (Å²) >= 11 is 5.13. The minimum Gasteiger partial charge on any atom is -0.334 e. The van der Waals surface area contributed by atoms with Gasteiger partial charge < -0.3 is 10.6 Å². The number of carbonyl (C=O) groups is 1. The van der Waals surface area contributed by atoms with E-state index in [0.717, 1.165) is 18.5 Å². The fraction of sp³-hybridized carbons (Fsp3) is 0.467. The summed E-state index contributed by atoms with van der Waals surface area (Å²) < 4.78 is 0. The SMILES string of the molecule is Cc1ccc(NC(=S)NNC(=O)NC2CCCCC2)cc1. The van der Waals surface area contributed by atoms with Crippen molar-refractivity contribution in [2.24, 2.45) is 0 Å². The number of hydrazine groups is 1. The summed E-state index contributed by atoms with van der Waals surface area (Å²) in [7, 11) is 0. The van der Waals surface area contributed by atoms with Crippen LogP contribution in [-0.2, 0) is 0 Å². The van der Waals surface area contributed by atoms with Gasteiger partial charge in [-0.1, -0.05) is 37.0 Å². The van der Waals surface area contributed by atoms with E-state index < -0.39 is 0 Å². The Morgan fingerprint density at radius 1 is 1.10 bits per heavy atom. The summed E-state index contributed by atoms with van der Waals surface area (Å²) in [6.07, 6.45) is 5.75. The van der Waals surface area contributed by atoms with Crippen LogP contribution in [0.25, 0.3) is 0 Å². The summed E-state index contributed by atoms with van der Waals surface area (Å²) in [5, 5.41) is 6.31. The van der Waals surface area contributed by atoms with Crippen LogP contribution in [0.4, 0.5) is 10.5 Å². The number of rotatable bonds is 2. The fourth-order valence-corrected chi connectivity index (χ4v) is 2.55. The molecule has 114 valence electrons. The van der Waals surface area contributed by atoms with E-state index in [4.69, 9.17) is 12.2 Å². The lowest BCUT2D eigenvalue weighted by Gasteiger charge is -2.23. The standard InChI is InChI=1S/C15H22N4OS/c1-11-7-9-13(10-8-11)17-15(21)19-18-14(20)16-12-5-3-2-4-6-12/h7-10,12H,2-6H2,1H3,(H2,16,18,20)(H2,17,19,21). The van der Waals surface area contributed by atoms with Crippen LogP contribution in [0.15, 0.2) is 24.3 Å². The molecule has 0 radical (unpaired) electrons. The summed E-state index contributed by atoms with van der Waals surface area (Å²) in [6.45, 7) is 2.03. The lowest BCUT2D eigenvalue weighted by Crippen LogP contribution is -2.51. The van der Waals surface area contributed by atoms with Crippen molar-refractivity contribution in [3.63, 3.8) is 0 Å². The highest BCUT2D eigenvalue weighted by atomic mass is 32.1. The maximum Gasteiger partial charge on any atom is 0.333 e. The number of benzene rings is 1. The van der Waals surface area contributed by atoms with E-state index in [1.54, 1.807) is 0 Å². The Bertz CT molecular complexity index is 483. The van der Waals surface area contributed by atoms with Gasteiger partial charge in [0.1, 0.15) is 0 Å². The third-order valence-corrected chi connectivity index (χ3v) is 3.74. The first-order valence-corrected chi connectivity index (χ1v) is 7.74. The topological polar surface area (TPSA) is 65.2 Å². The normalized spacial score (nSPS) is 15.1. The highest BCUT2D eigenvalue weighted by molar-refractivity contribution is 7.80. The zero-order chi connectivity index (χ0) is 15.1.